The molecule has 25 heavy (non-hydrogen) atoms. The van der Waals surface area contributed by atoms with Crippen LogP contribution in [0.1, 0.15) is 30.5 Å². The van der Waals surface area contributed by atoms with E-state index in [1.807, 2.05) is 24.3 Å². The zero-order valence-corrected chi connectivity index (χ0v) is 15.0. The predicted molar refractivity (Wildman–Crippen MR) is 99.7 cm³/mol. The topological polar surface area (TPSA) is 50.4 Å². The minimum atomic E-state index is -0.118. The molecule has 1 aliphatic heterocycles. The van der Waals surface area contributed by atoms with Crippen LogP contribution in [-0.2, 0) is 24.2 Å². The summed E-state index contributed by atoms with van der Waals surface area (Å²) in [6.45, 7) is 5.87. The molecule has 2 aromatic rings. The Labute approximate surface area is 149 Å². The fourth-order valence-electron chi connectivity index (χ4n) is 3.15. The molecule has 0 radical (unpaired) electrons. The van der Waals surface area contributed by atoms with E-state index in [-0.39, 0.29) is 11.5 Å². The van der Waals surface area contributed by atoms with E-state index in [0.29, 0.717) is 19.6 Å². The summed E-state index contributed by atoms with van der Waals surface area (Å²) < 4.78 is 5.89. The monoisotopic (exact) mass is 338 g/mol. The van der Waals surface area contributed by atoms with Crippen LogP contribution in [0.2, 0.25) is 0 Å². The molecule has 0 unspecified atom stereocenters. The van der Waals surface area contributed by atoms with E-state index >= 15 is 0 Å². The number of carbonyl (C=O) groups excluding carboxylic acids is 1. The number of ether oxygens (including phenoxy) is 1. The van der Waals surface area contributed by atoms with E-state index in [4.69, 9.17) is 4.74 Å². The Bertz CT molecular complexity index is 726. The lowest BCUT2D eigenvalue weighted by molar-refractivity contribution is -0.120. The molecule has 0 saturated heterocycles. The Hall–Kier alpha value is -2.33. The van der Waals surface area contributed by atoms with Gasteiger partial charge < -0.3 is 15.4 Å². The smallest absolute Gasteiger partial charge is 0.233 e. The first-order valence-corrected chi connectivity index (χ1v) is 8.84. The van der Waals surface area contributed by atoms with E-state index in [0.717, 1.165) is 18.6 Å². The van der Waals surface area contributed by atoms with Gasteiger partial charge in [0.2, 0.25) is 5.91 Å². The maximum absolute atomic E-state index is 11.9. The average molecular weight is 338 g/mol. The number of fused-ring (bicyclic) bond motifs is 1. The number of hydrogen-bond acceptors (Lipinski definition) is 3. The van der Waals surface area contributed by atoms with Gasteiger partial charge in [-0.05, 0) is 43.0 Å². The van der Waals surface area contributed by atoms with E-state index in [1.54, 1.807) is 0 Å². The maximum atomic E-state index is 11.9. The molecular formula is C21H26N2O2. The Morgan fingerprint density at radius 3 is 2.72 bits per heavy atom. The first kappa shape index (κ1) is 17.5. The van der Waals surface area contributed by atoms with Crippen LogP contribution in [0.4, 0.5) is 0 Å². The lowest BCUT2D eigenvalue weighted by Gasteiger charge is -2.16. The summed E-state index contributed by atoms with van der Waals surface area (Å²) in [5.74, 6) is 1.01. The summed E-state index contributed by atoms with van der Waals surface area (Å²) in [6.07, 6.45) is 1.78. The fourth-order valence-corrected chi connectivity index (χ4v) is 3.15. The van der Waals surface area contributed by atoms with E-state index in [9.17, 15) is 4.79 Å². The molecule has 2 N–H and O–H groups in total. The highest BCUT2D eigenvalue weighted by atomic mass is 16.5. The molecule has 2 aromatic carbocycles. The fraction of sp³-hybridized carbons (Fsp3) is 0.381. The van der Waals surface area contributed by atoms with Crippen molar-refractivity contribution in [2.45, 2.75) is 38.8 Å². The number of rotatable bonds is 7. The van der Waals surface area contributed by atoms with E-state index in [2.05, 4.69) is 48.7 Å². The van der Waals surface area contributed by atoms with Crippen molar-refractivity contribution < 1.29 is 9.53 Å². The largest absolute Gasteiger partial charge is 0.487 e. The zero-order valence-electron chi connectivity index (χ0n) is 15.0. The molecule has 4 heteroatoms. The maximum Gasteiger partial charge on any atom is 0.233 e. The third-order valence-electron chi connectivity index (χ3n) is 4.32. The molecular weight excluding hydrogens is 312 g/mol. The van der Waals surface area contributed by atoms with Gasteiger partial charge in [-0.1, -0.05) is 42.5 Å². The summed E-state index contributed by atoms with van der Waals surface area (Å²) >= 11 is 0. The molecule has 0 spiro atoms. The van der Waals surface area contributed by atoms with Gasteiger partial charge in [-0.3, -0.25) is 4.79 Å². The van der Waals surface area contributed by atoms with Crippen LogP contribution in [0.25, 0.3) is 0 Å². The molecule has 1 heterocycles. The molecule has 1 aliphatic rings. The second kappa shape index (κ2) is 7.70. The van der Waals surface area contributed by atoms with Crippen LogP contribution < -0.4 is 15.4 Å². The first-order valence-electron chi connectivity index (χ1n) is 8.84. The van der Waals surface area contributed by atoms with Crippen LogP contribution in [0.15, 0.2) is 48.5 Å². The van der Waals surface area contributed by atoms with Crippen molar-refractivity contribution in [3.05, 3.63) is 65.2 Å². The Morgan fingerprint density at radius 1 is 1.12 bits per heavy atom. The highest BCUT2D eigenvalue weighted by Gasteiger charge is 2.29. The van der Waals surface area contributed by atoms with Gasteiger partial charge in [0.15, 0.2) is 0 Å². The van der Waals surface area contributed by atoms with Crippen molar-refractivity contribution in [2.24, 2.45) is 0 Å². The average Bonchev–Trinajstić information content (AvgIpc) is 2.89. The van der Waals surface area contributed by atoms with Crippen LogP contribution >= 0.6 is 0 Å². The van der Waals surface area contributed by atoms with Gasteiger partial charge in [0.05, 0.1) is 6.54 Å². The van der Waals surface area contributed by atoms with Crippen molar-refractivity contribution in [3.8, 4) is 5.75 Å². The van der Waals surface area contributed by atoms with E-state index in [1.165, 1.54) is 16.7 Å². The molecule has 0 bridgehead atoms. The molecule has 132 valence electrons. The lowest BCUT2D eigenvalue weighted by atomic mass is 10.0. The Morgan fingerprint density at radius 2 is 1.92 bits per heavy atom. The SMILES string of the molecule is CC1(C)Cc2cc(CNCC(=O)NCCc3ccccc3)ccc2O1. The summed E-state index contributed by atoms with van der Waals surface area (Å²) in [5, 5.41) is 6.16. The molecule has 1 amide bonds. The van der Waals surface area contributed by atoms with Crippen LogP contribution in [0, 0.1) is 0 Å². The van der Waals surface area contributed by atoms with Gasteiger partial charge in [-0.15, -0.1) is 0 Å². The van der Waals surface area contributed by atoms with Gasteiger partial charge in [-0.2, -0.15) is 0 Å². The van der Waals surface area contributed by atoms with Gasteiger partial charge in [0.25, 0.3) is 0 Å². The third kappa shape index (κ3) is 5.07. The normalized spacial score (nSPS) is 14.6. The third-order valence-corrected chi connectivity index (χ3v) is 4.32. The van der Waals surface area contributed by atoms with Gasteiger partial charge >= 0.3 is 0 Å². The molecule has 0 aromatic heterocycles. The summed E-state index contributed by atoms with van der Waals surface area (Å²) in [4.78, 5) is 11.9. The van der Waals surface area contributed by atoms with Crippen molar-refractivity contribution in [1.82, 2.24) is 10.6 Å². The van der Waals surface area contributed by atoms with Gasteiger partial charge in [-0.25, -0.2) is 0 Å². The van der Waals surface area contributed by atoms with Crippen molar-refractivity contribution >= 4 is 5.91 Å². The van der Waals surface area contributed by atoms with Gasteiger partial charge in [0.1, 0.15) is 11.4 Å². The second-order valence-electron chi connectivity index (χ2n) is 7.17. The minimum Gasteiger partial charge on any atom is -0.487 e. The number of benzene rings is 2. The molecule has 0 aliphatic carbocycles. The van der Waals surface area contributed by atoms with Crippen molar-refractivity contribution in [3.63, 3.8) is 0 Å². The molecule has 4 nitrogen and oxygen atoms in total. The van der Waals surface area contributed by atoms with Crippen molar-refractivity contribution in [2.75, 3.05) is 13.1 Å². The molecule has 3 rings (SSSR count). The van der Waals surface area contributed by atoms with Crippen LogP contribution in [0.3, 0.4) is 0 Å². The summed E-state index contributed by atoms with van der Waals surface area (Å²) in [7, 11) is 0. The second-order valence-corrected chi connectivity index (χ2v) is 7.17. The number of nitrogens with one attached hydrogen (secondary N) is 2. The number of carbonyl (C=O) groups is 1. The number of amides is 1. The predicted octanol–water partition coefficient (Wildman–Crippen LogP) is 2.85. The summed E-state index contributed by atoms with van der Waals surface area (Å²) in [5.41, 5.74) is 3.54. The quantitative estimate of drug-likeness (QED) is 0.816. The molecule has 0 fully saturated rings. The van der Waals surface area contributed by atoms with Crippen molar-refractivity contribution in [1.29, 1.82) is 0 Å². The highest BCUT2D eigenvalue weighted by molar-refractivity contribution is 5.77. The minimum absolute atomic E-state index is 0.0292. The van der Waals surface area contributed by atoms with Crippen LogP contribution in [0.5, 0.6) is 5.75 Å². The Kier molecular flexibility index (Phi) is 5.39. The molecule has 0 atom stereocenters. The highest BCUT2D eigenvalue weighted by Crippen LogP contribution is 2.35. The van der Waals surface area contributed by atoms with Crippen LogP contribution in [-0.4, -0.2) is 24.6 Å². The van der Waals surface area contributed by atoms with Gasteiger partial charge in [0, 0.05) is 19.5 Å². The Balaban J connectivity index is 1.38. The first-order chi connectivity index (χ1) is 12.0. The number of hydrogen-bond donors (Lipinski definition) is 2. The molecule has 0 saturated carbocycles. The standard InChI is InChI=1S/C21H26N2O2/c1-21(2)13-18-12-17(8-9-19(18)25-21)14-22-15-20(24)23-11-10-16-6-4-3-5-7-16/h3-9,12,22H,10-11,13-15H2,1-2H3,(H,23,24). The summed E-state index contributed by atoms with van der Waals surface area (Å²) in [6, 6.07) is 16.4. The lowest BCUT2D eigenvalue weighted by Crippen LogP contribution is -2.34. The van der Waals surface area contributed by atoms with E-state index < -0.39 is 0 Å². The zero-order chi connectivity index (χ0) is 17.7.